The summed E-state index contributed by atoms with van der Waals surface area (Å²) in [6.45, 7) is 1.92. The van der Waals surface area contributed by atoms with E-state index in [0.29, 0.717) is 16.9 Å². The number of aryl methyl sites for hydroxylation is 1. The summed E-state index contributed by atoms with van der Waals surface area (Å²) >= 11 is 0. The van der Waals surface area contributed by atoms with Crippen LogP contribution in [-0.4, -0.2) is 30.8 Å². The Bertz CT molecular complexity index is 779. The normalized spacial score (nSPS) is 10.5. The molecule has 0 aliphatic rings. The van der Waals surface area contributed by atoms with Crippen LogP contribution < -0.4 is 0 Å². The molecule has 0 aliphatic heterocycles. The predicted molar refractivity (Wildman–Crippen MR) is 76.3 cm³/mol. The van der Waals surface area contributed by atoms with Gasteiger partial charge in [0.1, 0.15) is 0 Å². The molecular weight excluding hydrogens is 268 g/mol. The van der Waals surface area contributed by atoms with E-state index in [0.717, 1.165) is 5.56 Å². The van der Waals surface area contributed by atoms with Crippen molar-refractivity contribution in [3.8, 4) is 16.9 Å². The molecule has 0 bridgehead atoms. The van der Waals surface area contributed by atoms with Gasteiger partial charge < -0.3 is 5.11 Å². The van der Waals surface area contributed by atoms with Crippen LogP contribution in [0.4, 0.5) is 0 Å². The topological polar surface area (TPSA) is 80.9 Å². The van der Waals surface area contributed by atoms with Crippen molar-refractivity contribution >= 4 is 5.97 Å². The Kier molecular flexibility index (Phi) is 3.19. The third-order valence-electron chi connectivity index (χ3n) is 3.01. The number of hydrogen-bond donors (Lipinski definition) is 1. The zero-order valence-electron chi connectivity index (χ0n) is 11.3. The smallest absolute Gasteiger partial charge is 0.357 e. The summed E-state index contributed by atoms with van der Waals surface area (Å²) < 4.78 is 1.49. The predicted octanol–water partition coefficient (Wildman–Crippen LogP) is 2.34. The minimum Gasteiger partial charge on any atom is -0.476 e. The maximum Gasteiger partial charge on any atom is 0.357 e. The van der Waals surface area contributed by atoms with Crippen molar-refractivity contribution in [2.45, 2.75) is 6.92 Å². The maximum absolute atomic E-state index is 11.4. The largest absolute Gasteiger partial charge is 0.476 e. The molecule has 0 aromatic carbocycles. The molecule has 3 aromatic rings. The van der Waals surface area contributed by atoms with Gasteiger partial charge in [-0.1, -0.05) is 6.07 Å². The van der Waals surface area contributed by atoms with Crippen LogP contribution in [0, 0.1) is 6.92 Å². The molecule has 3 rings (SSSR count). The van der Waals surface area contributed by atoms with Crippen molar-refractivity contribution in [3.63, 3.8) is 0 Å². The van der Waals surface area contributed by atoms with E-state index >= 15 is 0 Å². The lowest BCUT2D eigenvalue weighted by Crippen LogP contribution is -2.02. The third kappa shape index (κ3) is 2.51. The van der Waals surface area contributed by atoms with Gasteiger partial charge in [0.15, 0.2) is 5.69 Å². The van der Waals surface area contributed by atoms with Gasteiger partial charge in [0.05, 0.1) is 23.1 Å². The monoisotopic (exact) mass is 280 g/mol. The molecule has 0 aliphatic carbocycles. The summed E-state index contributed by atoms with van der Waals surface area (Å²) in [4.78, 5) is 19.7. The number of rotatable bonds is 3. The molecule has 0 saturated carbocycles. The van der Waals surface area contributed by atoms with E-state index in [4.69, 9.17) is 0 Å². The first-order chi connectivity index (χ1) is 10.1. The molecule has 21 heavy (non-hydrogen) atoms. The molecular formula is C15H12N4O2. The third-order valence-corrected chi connectivity index (χ3v) is 3.01. The number of carboxylic acids is 1. The van der Waals surface area contributed by atoms with Crippen LogP contribution >= 0.6 is 0 Å². The quantitative estimate of drug-likeness (QED) is 0.796. The molecule has 6 heteroatoms. The molecule has 0 atom stereocenters. The molecule has 1 N–H and O–H groups in total. The Morgan fingerprint density at radius 1 is 1.24 bits per heavy atom. The lowest BCUT2D eigenvalue weighted by Gasteiger charge is -1.99. The van der Waals surface area contributed by atoms with Crippen LogP contribution in [0.25, 0.3) is 16.9 Å². The summed E-state index contributed by atoms with van der Waals surface area (Å²) in [6, 6.07) is 7.24. The van der Waals surface area contributed by atoms with Gasteiger partial charge in [-0.25, -0.2) is 9.48 Å². The van der Waals surface area contributed by atoms with E-state index in [-0.39, 0.29) is 5.69 Å². The zero-order chi connectivity index (χ0) is 14.8. The van der Waals surface area contributed by atoms with E-state index in [1.54, 1.807) is 43.0 Å². The van der Waals surface area contributed by atoms with Gasteiger partial charge in [0.2, 0.25) is 0 Å². The van der Waals surface area contributed by atoms with E-state index < -0.39 is 5.97 Å². The number of hydrogen-bond acceptors (Lipinski definition) is 4. The lowest BCUT2D eigenvalue weighted by atomic mass is 10.1. The fourth-order valence-corrected chi connectivity index (χ4v) is 1.97. The highest BCUT2D eigenvalue weighted by Crippen LogP contribution is 2.22. The average molecular weight is 280 g/mol. The van der Waals surface area contributed by atoms with Crippen molar-refractivity contribution in [2.75, 3.05) is 0 Å². The second kappa shape index (κ2) is 5.16. The second-order valence-electron chi connectivity index (χ2n) is 4.57. The highest BCUT2D eigenvalue weighted by Gasteiger charge is 2.18. The standard InChI is InChI=1S/C15H12N4O2/c1-10-4-5-13(17-7-10)12-9-19(18-14(12)15(20)21)11-3-2-6-16-8-11/h2-9H,1H3,(H,20,21). The fraction of sp³-hybridized carbons (Fsp3) is 0.0667. The Hall–Kier alpha value is -3.02. The molecule has 104 valence electrons. The first-order valence-corrected chi connectivity index (χ1v) is 6.31. The average Bonchev–Trinajstić information content (AvgIpc) is 2.94. The van der Waals surface area contributed by atoms with E-state index in [1.807, 2.05) is 13.0 Å². The van der Waals surface area contributed by atoms with E-state index in [2.05, 4.69) is 15.1 Å². The molecule has 0 unspecified atom stereocenters. The molecule has 0 fully saturated rings. The maximum atomic E-state index is 11.4. The van der Waals surface area contributed by atoms with Gasteiger partial charge in [-0.15, -0.1) is 0 Å². The highest BCUT2D eigenvalue weighted by atomic mass is 16.4. The van der Waals surface area contributed by atoms with Crippen molar-refractivity contribution in [3.05, 3.63) is 60.3 Å². The van der Waals surface area contributed by atoms with Crippen molar-refractivity contribution in [2.24, 2.45) is 0 Å². The van der Waals surface area contributed by atoms with Crippen LogP contribution in [0.2, 0.25) is 0 Å². The number of aromatic carboxylic acids is 1. The SMILES string of the molecule is Cc1ccc(-c2cn(-c3cccnc3)nc2C(=O)O)nc1. The van der Waals surface area contributed by atoms with Crippen LogP contribution in [0.3, 0.4) is 0 Å². The van der Waals surface area contributed by atoms with Gasteiger partial charge in [-0.3, -0.25) is 9.97 Å². The van der Waals surface area contributed by atoms with Gasteiger partial charge >= 0.3 is 5.97 Å². The number of aromatic nitrogens is 4. The Balaban J connectivity index is 2.14. The molecule has 0 amide bonds. The van der Waals surface area contributed by atoms with E-state index in [1.165, 1.54) is 4.68 Å². The summed E-state index contributed by atoms with van der Waals surface area (Å²) in [6.07, 6.45) is 6.61. The number of nitrogens with zero attached hydrogens (tertiary/aromatic N) is 4. The first-order valence-electron chi connectivity index (χ1n) is 6.31. The number of carbonyl (C=O) groups is 1. The molecule has 6 nitrogen and oxygen atoms in total. The number of carboxylic acid groups (broad SMARTS) is 1. The molecule has 0 saturated heterocycles. The molecule has 3 aromatic heterocycles. The fourth-order valence-electron chi connectivity index (χ4n) is 1.97. The van der Waals surface area contributed by atoms with Gasteiger partial charge in [0, 0.05) is 18.6 Å². The van der Waals surface area contributed by atoms with Crippen LogP contribution in [0.15, 0.2) is 49.1 Å². The molecule has 0 spiro atoms. The van der Waals surface area contributed by atoms with Crippen LogP contribution in [0.5, 0.6) is 0 Å². The van der Waals surface area contributed by atoms with Gasteiger partial charge in [-0.05, 0) is 30.7 Å². The zero-order valence-corrected chi connectivity index (χ0v) is 11.3. The van der Waals surface area contributed by atoms with Crippen LogP contribution in [-0.2, 0) is 0 Å². The Morgan fingerprint density at radius 2 is 2.10 bits per heavy atom. The second-order valence-corrected chi connectivity index (χ2v) is 4.57. The summed E-state index contributed by atoms with van der Waals surface area (Å²) in [5.41, 5.74) is 2.73. The Morgan fingerprint density at radius 3 is 2.71 bits per heavy atom. The molecule has 3 heterocycles. The molecule has 0 radical (unpaired) electrons. The minimum absolute atomic E-state index is 0.0322. The van der Waals surface area contributed by atoms with Gasteiger partial charge in [-0.2, -0.15) is 5.10 Å². The summed E-state index contributed by atoms with van der Waals surface area (Å²) in [5.74, 6) is -1.09. The lowest BCUT2D eigenvalue weighted by molar-refractivity contribution is 0.0691. The van der Waals surface area contributed by atoms with Crippen LogP contribution in [0.1, 0.15) is 16.1 Å². The van der Waals surface area contributed by atoms with Gasteiger partial charge in [0.25, 0.3) is 0 Å². The van der Waals surface area contributed by atoms with Crippen molar-refractivity contribution in [1.82, 2.24) is 19.7 Å². The van der Waals surface area contributed by atoms with E-state index in [9.17, 15) is 9.90 Å². The highest BCUT2D eigenvalue weighted by molar-refractivity contribution is 5.93. The number of pyridine rings is 2. The Labute approximate surface area is 120 Å². The first kappa shape index (κ1) is 13.0. The van der Waals surface area contributed by atoms with Crippen molar-refractivity contribution in [1.29, 1.82) is 0 Å². The van der Waals surface area contributed by atoms with Crippen molar-refractivity contribution < 1.29 is 9.90 Å². The summed E-state index contributed by atoms with van der Waals surface area (Å²) in [5, 5.41) is 13.4. The minimum atomic E-state index is -1.09. The summed E-state index contributed by atoms with van der Waals surface area (Å²) in [7, 11) is 0.